The van der Waals surface area contributed by atoms with Crippen LogP contribution in [0.1, 0.15) is 28.5 Å². The average Bonchev–Trinajstić information content (AvgIpc) is 2.83. The summed E-state index contributed by atoms with van der Waals surface area (Å²) in [6, 6.07) is 9.91. The molecule has 1 aromatic carbocycles. The Morgan fingerprint density at radius 2 is 2.11 bits per heavy atom. The standard InChI is InChI=1S/C14H17N3O2/c1-2-19-14(18)12-10-17(16-13(12)8-15)9-11-6-4-3-5-7-11/h3-7,10H,2,8-9,15H2,1H3. The zero-order valence-electron chi connectivity index (χ0n) is 10.9. The van der Waals surface area contributed by atoms with Crippen molar-refractivity contribution in [3.8, 4) is 0 Å². The van der Waals surface area contributed by atoms with E-state index in [1.807, 2.05) is 30.3 Å². The number of hydrogen-bond donors (Lipinski definition) is 1. The fourth-order valence-electron chi connectivity index (χ4n) is 1.84. The highest BCUT2D eigenvalue weighted by molar-refractivity contribution is 5.90. The average molecular weight is 259 g/mol. The first-order chi connectivity index (χ1) is 9.24. The normalized spacial score (nSPS) is 10.4. The Morgan fingerprint density at radius 1 is 1.37 bits per heavy atom. The van der Waals surface area contributed by atoms with E-state index in [9.17, 15) is 4.79 Å². The molecule has 5 heteroatoms. The molecule has 19 heavy (non-hydrogen) atoms. The number of benzene rings is 1. The van der Waals surface area contributed by atoms with E-state index in [1.54, 1.807) is 17.8 Å². The summed E-state index contributed by atoms with van der Waals surface area (Å²) in [6.07, 6.45) is 1.69. The van der Waals surface area contributed by atoms with Crippen molar-refractivity contribution >= 4 is 5.97 Å². The van der Waals surface area contributed by atoms with E-state index in [0.717, 1.165) is 5.56 Å². The van der Waals surface area contributed by atoms with Crippen LogP contribution >= 0.6 is 0 Å². The second-order valence-corrected chi connectivity index (χ2v) is 4.10. The molecule has 1 heterocycles. The smallest absolute Gasteiger partial charge is 0.341 e. The Hall–Kier alpha value is -2.14. The van der Waals surface area contributed by atoms with Gasteiger partial charge in [-0.25, -0.2) is 4.79 Å². The molecule has 0 aliphatic carbocycles. The molecule has 1 aromatic heterocycles. The first-order valence-electron chi connectivity index (χ1n) is 6.22. The van der Waals surface area contributed by atoms with Crippen LogP contribution in [0.15, 0.2) is 36.5 Å². The third-order valence-corrected chi connectivity index (χ3v) is 2.71. The lowest BCUT2D eigenvalue weighted by Crippen LogP contribution is -2.09. The van der Waals surface area contributed by atoms with Gasteiger partial charge in [0.15, 0.2) is 0 Å². The molecule has 100 valence electrons. The van der Waals surface area contributed by atoms with Gasteiger partial charge in [0.2, 0.25) is 0 Å². The molecule has 5 nitrogen and oxygen atoms in total. The minimum Gasteiger partial charge on any atom is -0.462 e. The maximum absolute atomic E-state index is 11.8. The van der Waals surface area contributed by atoms with Crippen LogP contribution in [-0.4, -0.2) is 22.4 Å². The van der Waals surface area contributed by atoms with E-state index in [-0.39, 0.29) is 12.5 Å². The first-order valence-corrected chi connectivity index (χ1v) is 6.22. The highest BCUT2D eigenvalue weighted by Gasteiger charge is 2.16. The molecule has 0 fully saturated rings. The first kappa shape index (κ1) is 13.3. The molecule has 0 saturated carbocycles. The number of carbonyl (C=O) groups excluding carboxylic acids is 1. The van der Waals surface area contributed by atoms with Gasteiger partial charge in [0.25, 0.3) is 0 Å². The number of nitrogens with zero attached hydrogens (tertiary/aromatic N) is 2. The van der Waals surface area contributed by atoms with E-state index in [4.69, 9.17) is 10.5 Å². The quantitative estimate of drug-likeness (QED) is 0.827. The predicted molar refractivity (Wildman–Crippen MR) is 71.6 cm³/mol. The number of hydrogen-bond acceptors (Lipinski definition) is 4. The van der Waals surface area contributed by atoms with Crippen LogP contribution in [0, 0.1) is 0 Å². The molecule has 2 N–H and O–H groups in total. The fourth-order valence-corrected chi connectivity index (χ4v) is 1.84. The van der Waals surface area contributed by atoms with Crippen LogP contribution in [0.5, 0.6) is 0 Å². The van der Waals surface area contributed by atoms with Crippen LogP contribution < -0.4 is 5.73 Å². The molecule has 0 unspecified atom stereocenters. The lowest BCUT2D eigenvalue weighted by Gasteiger charge is -2.00. The summed E-state index contributed by atoms with van der Waals surface area (Å²) in [4.78, 5) is 11.8. The van der Waals surface area contributed by atoms with Crippen LogP contribution in [-0.2, 0) is 17.8 Å². The Kier molecular flexibility index (Phi) is 4.30. The van der Waals surface area contributed by atoms with Gasteiger partial charge in [-0.1, -0.05) is 30.3 Å². The van der Waals surface area contributed by atoms with Crippen molar-refractivity contribution in [1.82, 2.24) is 9.78 Å². The molecule has 0 amide bonds. The Bertz CT molecular complexity index is 549. The summed E-state index contributed by atoms with van der Waals surface area (Å²) >= 11 is 0. The molecule has 2 aromatic rings. The van der Waals surface area contributed by atoms with E-state index in [1.165, 1.54) is 0 Å². The van der Waals surface area contributed by atoms with Gasteiger partial charge >= 0.3 is 5.97 Å². The molecule has 0 radical (unpaired) electrons. The van der Waals surface area contributed by atoms with Crippen LogP contribution in [0.2, 0.25) is 0 Å². The third kappa shape index (κ3) is 3.20. The van der Waals surface area contributed by atoms with Gasteiger partial charge in [-0.05, 0) is 12.5 Å². The SMILES string of the molecule is CCOC(=O)c1cn(Cc2ccccc2)nc1CN. The zero-order valence-corrected chi connectivity index (χ0v) is 10.9. The largest absolute Gasteiger partial charge is 0.462 e. The molecular formula is C14H17N3O2. The van der Waals surface area contributed by atoms with E-state index in [2.05, 4.69) is 5.10 Å². The van der Waals surface area contributed by atoms with Crippen LogP contribution in [0.4, 0.5) is 0 Å². The molecule has 0 bridgehead atoms. The lowest BCUT2D eigenvalue weighted by molar-refractivity contribution is 0.0525. The molecule has 0 atom stereocenters. The van der Waals surface area contributed by atoms with Crippen LogP contribution in [0.25, 0.3) is 0 Å². The number of carbonyl (C=O) groups is 1. The van der Waals surface area contributed by atoms with Gasteiger partial charge in [-0.15, -0.1) is 0 Å². The molecular weight excluding hydrogens is 242 g/mol. The van der Waals surface area contributed by atoms with Gasteiger partial charge in [0, 0.05) is 12.7 Å². The zero-order chi connectivity index (χ0) is 13.7. The molecule has 0 aliphatic heterocycles. The van der Waals surface area contributed by atoms with Crippen molar-refractivity contribution < 1.29 is 9.53 Å². The summed E-state index contributed by atoms with van der Waals surface area (Å²) in [6.45, 7) is 2.93. The van der Waals surface area contributed by atoms with Crippen molar-refractivity contribution in [2.24, 2.45) is 5.73 Å². The van der Waals surface area contributed by atoms with Gasteiger partial charge in [-0.2, -0.15) is 5.10 Å². The highest BCUT2D eigenvalue weighted by atomic mass is 16.5. The predicted octanol–water partition coefficient (Wildman–Crippen LogP) is 1.57. The maximum Gasteiger partial charge on any atom is 0.341 e. The van der Waals surface area contributed by atoms with E-state index in [0.29, 0.717) is 24.4 Å². The van der Waals surface area contributed by atoms with E-state index < -0.39 is 0 Å². The van der Waals surface area contributed by atoms with E-state index >= 15 is 0 Å². The Balaban J connectivity index is 2.21. The Labute approximate surface area is 112 Å². The topological polar surface area (TPSA) is 70.1 Å². The van der Waals surface area contributed by atoms with Gasteiger partial charge in [0.1, 0.15) is 5.56 Å². The minimum atomic E-state index is -0.373. The van der Waals surface area contributed by atoms with Gasteiger partial charge in [0.05, 0.1) is 18.8 Å². The lowest BCUT2D eigenvalue weighted by atomic mass is 10.2. The minimum absolute atomic E-state index is 0.218. The second-order valence-electron chi connectivity index (χ2n) is 4.10. The van der Waals surface area contributed by atoms with Gasteiger partial charge in [-0.3, -0.25) is 4.68 Å². The van der Waals surface area contributed by atoms with Gasteiger partial charge < -0.3 is 10.5 Å². The van der Waals surface area contributed by atoms with Crippen molar-refractivity contribution in [3.05, 3.63) is 53.3 Å². The number of ether oxygens (including phenoxy) is 1. The summed E-state index contributed by atoms with van der Waals surface area (Å²) in [7, 11) is 0. The summed E-state index contributed by atoms with van der Waals surface area (Å²) in [5.41, 5.74) is 7.73. The van der Waals surface area contributed by atoms with Crippen molar-refractivity contribution in [1.29, 1.82) is 0 Å². The fraction of sp³-hybridized carbons (Fsp3) is 0.286. The molecule has 0 saturated heterocycles. The molecule has 0 aliphatic rings. The second kappa shape index (κ2) is 6.15. The number of aromatic nitrogens is 2. The Morgan fingerprint density at radius 3 is 2.74 bits per heavy atom. The molecule has 2 rings (SSSR count). The van der Waals surface area contributed by atoms with Crippen LogP contribution in [0.3, 0.4) is 0 Å². The molecule has 0 spiro atoms. The number of nitrogens with two attached hydrogens (primary N) is 1. The summed E-state index contributed by atoms with van der Waals surface area (Å²) < 4.78 is 6.70. The highest BCUT2D eigenvalue weighted by Crippen LogP contribution is 2.10. The maximum atomic E-state index is 11.8. The van der Waals surface area contributed by atoms with Crippen molar-refractivity contribution in [3.63, 3.8) is 0 Å². The van der Waals surface area contributed by atoms with Crippen molar-refractivity contribution in [2.45, 2.75) is 20.0 Å². The summed E-state index contributed by atoms with van der Waals surface area (Å²) in [5.74, 6) is -0.373. The van der Waals surface area contributed by atoms with Crippen molar-refractivity contribution in [2.75, 3.05) is 6.61 Å². The third-order valence-electron chi connectivity index (χ3n) is 2.71. The summed E-state index contributed by atoms with van der Waals surface area (Å²) in [5, 5.41) is 4.32. The number of esters is 1. The number of rotatable bonds is 5. The monoisotopic (exact) mass is 259 g/mol.